The fourth-order valence-electron chi connectivity index (χ4n) is 5.23. The highest BCUT2D eigenvalue weighted by Gasteiger charge is 2.25. The number of alkyl halides is 2. The number of aryl methyl sites for hydroxylation is 1. The lowest BCUT2D eigenvalue weighted by atomic mass is 9.85. The average molecular weight is 543 g/mol. The van der Waals surface area contributed by atoms with Crippen LogP contribution in [-0.2, 0) is 10.7 Å². The Kier molecular flexibility index (Phi) is 11.4. The van der Waals surface area contributed by atoms with Crippen LogP contribution in [0.3, 0.4) is 0 Å². The fourth-order valence-corrected chi connectivity index (χ4v) is 5.23. The Hall–Kier alpha value is -3.58. The molecule has 1 fully saturated rings. The molecule has 2 atom stereocenters. The summed E-state index contributed by atoms with van der Waals surface area (Å²) in [5, 5.41) is 9.84. The van der Waals surface area contributed by atoms with Crippen LogP contribution >= 0.6 is 0 Å². The Balaban J connectivity index is 1.86. The maximum Gasteiger partial charge on any atom is 0.270 e. The first-order valence-corrected chi connectivity index (χ1v) is 14.0. The molecule has 210 valence electrons. The Bertz CT molecular complexity index is 1330. The predicted molar refractivity (Wildman–Crippen MR) is 162 cm³/mol. The Morgan fingerprint density at radius 1 is 1.15 bits per heavy atom. The lowest BCUT2D eigenvalue weighted by Crippen LogP contribution is -2.27. The number of benzene rings is 2. The lowest BCUT2D eigenvalue weighted by molar-refractivity contribution is -0.0139. The first-order chi connectivity index (χ1) is 19.1. The third-order valence-electron chi connectivity index (χ3n) is 7.30. The van der Waals surface area contributed by atoms with Crippen LogP contribution in [-0.4, -0.2) is 25.0 Å². The van der Waals surface area contributed by atoms with Crippen LogP contribution in [0.4, 0.5) is 8.78 Å². The molecular weight excluding hydrogens is 502 g/mol. The van der Waals surface area contributed by atoms with E-state index < -0.39 is 5.92 Å². The van der Waals surface area contributed by atoms with Gasteiger partial charge in [-0.2, -0.15) is 5.26 Å². The quantitative estimate of drug-likeness (QED) is 0.161. The molecule has 1 aliphatic rings. The summed E-state index contributed by atoms with van der Waals surface area (Å²) >= 11 is 0. The summed E-state index contributed by atoms with van der Waals surface area (Å²) in [6, 6.07) is 14.6. The van der Waals surface area contributed by atoms with Crippen molar-refractivity contribution in [3.63, 3.8) is 0 Å². The maximum absolute atomic E-state index is 13.8. The van der Waals surface area contributed by atoms with E-state index in [1.54, 1.807) is 19.2 Å². The molecule has 0 saturated heterocycles. The zero-order chi connectivity index (χ0) is 29.1. The van der Waals surface area contributed by atoms with Crippen LogP contribution in [0.25, 0.3) is 17.7 Å². The van der Waals surface area contributed by atoms with E-state index in [0.29, 0.717) is 23.6 Å². The summed E-state index contributed by atoms with van der Waals surface area (Å²) in [4.78, 5) is 4.24. The summed E-state index contributed by atoms with van der Waals surface area (Å²) in [6.45, 7) is 8.71. The van der Waals surface area contributed by atoms with Gasteiger partial charge in [-0.15, -0.1) is 5.73 Å². The van der Waals surface area contributed by atoms with Crippen LogP contribution in [0.15, 0.2) is 71.9 Å². The van der Waals surface area contributed by atoms with Crippen molar-refractivity contribution in [3.8, 4) is 6.07 Å². The van der Waals surface area contributed by atoms with Gasteiger partial charge in [0.2, 0.25) is 0 Å². The summed E-state index contributed by atoms with van der Waals surface area (Å²) in [7, 11) is 1.62. The van der Waals surface area contributed by atoms with Gasteiger partial charge in [0.05, 0.1) is 12.2 Å². The average Bonchev–Trinajstić information content (AvgIpc) is 2.94. The van der Waals surface area contributed by atoms with E-state index in [0.717, 1.165) is 42.0 Å². The molecule has 3 nitrogen and oxygen atoms in total. The number of ether oxygens (including phenoxy) is 1. The van der Waals surface area contributed by atoms with Crippen molar-refractivity contribution in [1.29, 1.82) is 5.26 Å². The summed E-state index contributed by atoms with van der Waals surface area (Å²) in [5.74, 6) is -2.41. The highest BCUT2D eigenvalue weighted by atomic mass is 19.3. The molecule has 1 aliphatic carbocycles. The van der Waals surface area contributed by atoms with Crippen molar-refractivity contribution in [2.45, 2.75) is 77.4 Å². The van der Waals surface area contributed by atoms with Gasteiger partial charge >= 0.3 is 0 Å². The molecule has 0 radical (unpaired) electrons. The van der Waals surface area contributed by atoms with Gasteiger partial charge in [-0.1, -0.05) is 74.4 Å². The molecule has 40 heavy (non-hydrogen) atoms. The zero-order valence-corrected chi connectivity index (χ0v) is 24.1. The number of aliphatic imine (C=N–C) groups is 1. The molecule has 0 aliphatic heterocycles. The first-order valence-electron chi connectivity index (χ1n) is 14.0. The second kappa shape index (κ2) is 14.7. The minimum atomic E-state index is -2.90. The predicted octanol–water partition coefficient (Wildman–Crippen LogP) is 9.34. The van der Waals surface area contributed by atoms with Gasteiger partial charge < -0.3 is 4.74 Å². The molecule has 1 saturated carbocycles. The molecular formula is C35H40F2N2O. The monoisotopic (exact) mass is 542 g/mol. The highest BCUT2D eigenvalue weighted by Crippen LogP contribution is 2.30. The van der Waals surface area contributed by atoms with E-state index in [9.17, 15) is 14.0 Å². The third-order valence-corrected chi connectivity index (χ3v) is 7.30. The Morgan fingerprint density at radius 3 is 2.52 bits per heavy atom. The molecule has 0 amide bonds. The van der Waals surface area contributed by atoms with Gasteiger partial charge in [0.1, 0.15) is 11.8 Å². The van der Waals surface area contributed by atoms with Crippen molar-refractivity contribution < 1.29 is 13.5 Å². The van der Waals surface area contributed by atoms with Crippen LogP contribution < -0.4 is 0 Å². The van der Waals surface area contributed by atoms with Crippen molar-refractivity contribution in [2.75, 3.05) is 7.05 Å². The van der Waals surface area contributed by atoms with E-state index >= 15 is 0 Å². The van der Waals surface area contributed by atoms with Crippen LogP contribution in [0.1, 0.15) is 80.2 Å². The Labute approximate surface area is 238 Å². The van der Waals surface area contributed by atoms with E-state index in [1.165, 1.54) is 31.4 Å². The van der Waals surface area contributed by atoms with Gasteiger partial charge in [0, 0.05) is 25.1 Å². The van der Waals surface area contributed by atoms with Crippen LogP contribution in [0.2, 0.25) is 0 Å². The van der Waals surface area contributed by atoms with E-state index in [4.69, 9.17) is 4.74 Å². The molecule has 2 aromatic rings. The third kappa shape index (κ3) is 8.98. The second-order valence-electron chi connectivity index (χ2n) is 10.7. The number of hydrogen-bond acceptors (Lipinski definition) is 3. The molecule has 0 spiro atoms. The first kappa shape index (κ1) is 31.0. The summed E-state index contributed by atoms with van der Waals surface area (Å²) in [5.41, 5.74) is 7.49. The molecule has 2 aromatic carbocycles. The van der Waals surface area contributed by atoms with Gasteiger partial charge in [-0.05, 0) is 79.5 Å². The molecule has 0 heterocycles. The molecule has 0 aromatic heterocycles. The fraction of sp³-hybridized carbons (Fsp3) is 0.400. The minimum absolute atomic E-state index is 0.0122. The molecule has 2 unspecified atom stereocenters. The number of hydrogen-bond donors (Lipinski definition) is 0. The number of rotatable bonds is 11. The number of nitriles is 1. The maximum atomic E-state index is 13.8. The van der Waals surface area contributed by atoms with Crippen molar-refractivity contribution in [1.82, 2.24) is 0 Å². The van der Waals surface area contributed by atoms with E-state index in [2.05, 4.69) is 23.4 Å². The summed E-state index contributed by atoms with van der Waals surface area (Å²) in [6.07, 6.45) is 14.3. The normalized spacial score (nSPS) is 16.8. The Morgan fingerprint density at radius 2 is 1.88 bits per heavy atom. The molecule has 0 bridgehead atoms. The van der Waals surface area contributed by atoms with Gasteiger partial charge in [0.25, 0.3) is 5.92 Å². The van der Waals surface area contributed by atoms with Crippen molar-refractivity contribution in [3.05, 3.63) is 94.7 Å². The van der Waals surface area contributed by atoms with Crippen LogP contribution in [0.5, 0.6) is 0 Å². The zero-order valence-electron chi connectivity index (χ0n) is 24.1. The smallest absolute Gasteiger partial charge is 0.270 e. The number of halogens is 2. The molecule has 5 heteroatoms. The minimum Gasteiger partial charge on any atom is -0.370 e. The van der Waals surface area contributed by atoms with Crippen LogP contribution in [0, 0.1) is 24.2 Å². The largest absolute Gasteiger partial charge is 0.370 e. The van der Waals surface area contributed by atoms with E-state index in [-0.39, 0.29) is 17.8 Å². The lowest BCUT2D eigenvalue weighted by Gasteiger charge is -2.30. The van der Waals surface area contributed by atoms with Crippen molar-refractivity contribution >= 4 is 23.4 Å². The summed E-state index contributed by atoms with van der Waals surface area (Å²) < 4.78 is 34.0. The molecule has 3 rings (SSSR count). The van der Waals surface area contributed by atoms with Crippen molar-refractivity contribution in [2.24, 2.45) is 10.9 Å². The standard InChI is InChI=1S/C35H40F2N2O/c1-6-11-34(29-13-8-7-9-14-29)40-26(3)16-19-32(33(24-38)39-5)30-21-25(2)20-28(22-30)18-17-27-12-10-15-31(23-27)35(4,36)37/h10-12,15,17-23,26,29,34H,1,7-9,13-14,16H2,2-5H3/b18-17+,32-19-,39-33?. The SMILES string of the molecule is C=C=CC(OC(C)C/C=C(\C(C#N)=NC)c1cc(C)cc(/C=C/c2cccc(C(C)(F)F)c2)c1)C1CCCCC1. The topological polar surface area (TPSA) is 45.4 Å². The highest BCUT2D eigenvalue weighted by molar-refractivity contribution is 6.31. The number of nitrogens with zero attached hydrogens (tertiary/aromatic N) is 2. The van der Waals surface area contributed by atoms with Gasteiger partial charge in [-0.25, -0.2) is 8.78 Å². The van der Waals surface area contributed by atoms with E-state index in [1.807, 2.05) is 56.4 Å². The molecule has 0 N–H and O–H groups in total. The number of allylic oxidation sites excluding steroid dienone is 1. The van der Waals surface area contributed by atoms with Gasteiger partial charge in [-0.3, -0.25) is 4.99 Å². The van der Waals surface area contributed by atoms with Gasteiger partial charge in [0.15, 0.2) is 0 Å². The second-order valence-corrected chi connectivity index (χ2v) is 10.7.